The third-order valence-corrected chi connectivity index (χ3v) is 5.27. The Bertz CT molecular complexity index is 535. The monoisotopic (exact) mass is 348 g/mol. The lowest BCUT2D eigenvalue weighted by Gasteiger charge is -2.40. The third-order valence-electron chi connectivity index (χ3n) is 5.27. The molecule has 0 bridgehead atoms. The molecule has 2 rings (SSSR count). The first-order valence-corrected chi connectivity index (χ1v) is 9.06. The van der Waals surface area contributed by atoms with Gasteiger partial charge in [0.15, 0.2) is 0 Å². The first-order valence-electron chi connectivity index (χ1n) is 9.06. The number of rotatable bonds is 9. The van der Waals surface area contributed by atoms with Crippen LogP contribution < -0.4 is 5.73 Å². The molecule has 7 heteroatoms. The molecular weight excluding hydrogens is 319 g/mol. The molecular formula is C18H29BN2O4. The molecule has 1 aromatic rings. The first-order chi connectivity index (χ1) is 11.9. The second-order valence-electron chi connectivity index (χ2n) is 7.11. The summed E-state index contributed by atoms with van der Waals surface area (Å²) in [6, 6.07) is 10.3. The van der Waals surface area contributed by atoms with E-state index in [1.165, 1.54) is 5.56 Å². The van der Waals surface area contributed by atoms with Gasteiger partial charge in [0, 0.05) is 6.54 Å². The molecule has 1 aromatic carbocycles. The van der Waals surface area contributed by atoms with Crippen LogP contribution in [0.5, 0.6) is 0 Å². The molecule has 138 valence electrons. The van der Waals surface area contributed by atoms with Crippen LogP contribution in [0.3, 0.4) is 0 Å². The Morgan fingerprint density at radius 2 is 1.84 bits per heavy atom. The zero-order valence-electron chi connectivity index (χ0n) is 14.7. The van der Waals surface area contributed by atoms with Crippen molar-refractivity contribution in [3.63, 3.8) is 0 Å². The molecule has 0 saturated carbocycles. The average Bonchev–Trinajstić information content (AvgIpc) is 2.59. The van der Waals surface area contributed by atoms with Gasteiger partial charge >= 0.3 is 13.1 Å². The molecule has 0 unspecified atom stereocenters. The number of nitrogens with zero attached hydrogens (tertiary/aromatic N) is 1. The summed E-state index contributed by atoms with van der Waals surface area (Å²) in [6.45, 7) is 2.58. The van der Waals surface area contributed by atoms with Crippen molar-refractivity contribution in [3.8, 4) is 0 Å². The summed E-state index contributed by atoms with van der Waals surface area (Å²) in [7, 11) is -1.33. The van der Waals surface area contributed by atoms with Crippen molar-refractivity contribution in [2.45, 2.75) is 50.5 Å². The molecule has 1 aliphatic rings. The van der Waals surface area contributed by atoms with Crippen LogP contribution in [0.25, 0.3) is 0 Å². The van der Waals surface area contributed by atoms with Crippen LogP contribution in [-0.4, -0.2) is 51.8 Å². The molecule has 0 aromatic heterocycles. The quantitative estimate of drug-likeness (QED) is 0.396. The summed E-state index contributed by atoms with van der Waals surface area (Å²) in [5.41, 5.74) is 6.33. The van der Waals surface area contributed by atoms with E-state index in [1.54, 1.807) is 0 Å². The Hall–Kier alpha value is -1.41. The van der Waals surface area contributed by atoms with Gasteiger partial charge in [-0.1, -0.05) is 43.2 Å². The summed E-state index contributed by atoms with van der Waals surface area (Å²) in [5, 5.41) is 27.4. The summed E-state index contributed by atoms with van der Waals surface area (Å²) in [4.78, 5) is 14.1. The predicted octanol–water partition coefficient (Wildman–Crippen LogP) is 1.32. The van der Waals surface area contributed by atoms with Crippen LogP contribution in [0.15, 0.2) is 30.3 Å². The van der Waals surface area contributed by atoms with Gasteiger partial charge in [-0.2, -0.15) is 0 Å². The highest BCUT2D eigenvalue weighted by atomic mass is 16.4. The molecule has 1 aliphatic heterocycles. The minimum atomic E-state index is -1.33. The van der Waals surface area contributed by atoms with E-state index in [1.807, 2.05) is 18.2 Å². The van der Waals surface area contributed by atoms with Gasteiger partial charge in [-0.05, 0) is 50.2 Å². The normalized spacial score (nSPS) is 18.7. The van der Waals surface area contributed by atoms with Crippen LogP contribution in [0.1, 0.15) is 37.7 Å². The zero-order valence-corrected chi connectivity index (χ0v) is 14.7. The lowest BCUT2D eigenvalue weighted by molar-refractivity contribution is -0.147. The Balaban J connectivity index is 1.85. The fraction of sp³-hybridized carbons (Fsp3) is 0.611. The maximum Gasteiger partial charge on any atom is 0.451 e. The molecule has 0 amide bonds. The van der Waals surface area contributed by atoms with E-state index in [0.29, 0.717) is 19.3 Å². The highest BCUT2D eigenvalue weighted by Gasteiger charge is 2.42. The fourth-order valence-electron chi connectivity index (χ4n) is 3.68. The Morgan fingerprint density at radius 1 is 1.20 bits per heavy atom. The van der Waals surface area contributed by atoms with Gasteiger partial charge in [0.05, 0.1) is 0 Å². The number of carboxylic acids is 1. The van der Waals surface area contributed by atoms with Crippen LogP contribution >= 0.6 is 0 Å². The van der Waals surface area contributed by atoms with Crippen LogP contribution in [0.2, 0.25) is 6.32 Å². The van der Waals surface area contributed by atoms with Crippen molar-refractivity contribution < 1.29 is 19.9 Å². The fourth-order valence-corrected chi connectivity index (χ4v) is 3.68. The van der Waals surface area contributed by atoms with E-state index >= 15 is 0 Å². The van der Waals surface area contributed by atoms with E-state index < -0.39 is 18.6 Å². The second kappa shape index (κ2) is 9.34. The summed E-state index contributed by atoms with van der Waals surface area (Å²) < 4.78 is 0. The smallest absolute Gasteiger partial charge is 0.451 e. The average molecular weight is 348 g/mol. The van der Waals surface area contributed by atoms with Crippen molar-refractivity contribution in [2.24, 2.45) is 11.7 Å². The lowest BCUT2D eigenvalue weighted by atomic mass is 9.74. The topological polar surface area (TPSA) is 107 Å². The molecule has 6 nitrogen and oxygen atoms in total. The molecule has 1 atom stereocenters. The van der Waals surface area contributed by atoms with E-state index in [2.05, 4.69) is 17.0 Å². The van der Waals surface area contributed by atoms with Crippen LogP contribution in [-0.2, 0) is 11.3 Å². The molecule has 0 radical (unpaired) electrons. The van der Waals surface area contributed by atoms with Crippen molar-refractivity contribution in [1.82, 2.24) is 4.90 Å². The number of benzene rings is 1. The van der Waals surface area contributed by atoms with Gasteiger partial charge in [-0.3, -0.25) is 9.69 Å². The van der Waals surface area contributed by atoms with Crippen molar-refractivity contribution in [3.05, 3.63) is 35.9 Å². The van der Waals surface area contributed by atoms with Gasteiger partial charge in [-0.25, -0.2) is 0 Å². The first kappa shape index (κ1) is 19.9. The number of nitrogens with two attached hydrogens (primary N) is 1. The molecule has 25 heavy (non-hydrogen) atoms. The number of likely N-dealkylation sites (tertiary alicyclic amines) is 1. The molecule has 1 saturated heterocycles. The maximum atomic E-state index is 11.8. The number of aliphatic carboxylic acids is 1. The highest BCUT2D eigenvalue weighted by Crippen LogP contribution is 2.31. The maximum absolute atomic E-state index is 11.8. The SMILES string of the molecule is N[C@@](CCCCB(O)O)(C(=O)O)C1CCN(Cc2ccccc2)CC1. The van der Waals surface area contributed by atoms with E-state index in [-0.39, 0.29) is 12.2 Å². The zero-order chi connectivity index (χ0) is 18.3. The summed E-state index contributed by atoms with van der Waals surface area (Å²) in [6.07, 6.45) is 3.33. The summed E-state index contributed by atoms with van der Waals surface area (Å²) >= 11 is 0. The highest BCUT2D eigenvalue weighted by molar-refractivity contribution is 6.40. The minimum Gasteiger partial charge on any atom is -0.480 e. The third kappa shape index (κ3) is 5.82. The van der Waals surface area contributed by atoms with Gasteiger partial charge in [0.1, 0.15) is 5.54 Å². The molecule has 0 aliphatic carbocycles. The van der Waals surface area contributed by atoms with Gasteiger partial charge in [0.2, 0.25) is 0 Å². The standard InChI is InChI=1S/C18H29BN2O4/c20-18(17(22)23,10-4-5-11-19(24)25)16-8-12-21(13-9-16)14-15-6-2-1-3-7-15/h1-3,6-7,16,24-25H,4-5,8-14,20H2,(H,22,23)/t18-/m1/s1. The number of piperidine rings is 1. The number of hydrogen-bond donors (Lipinski definition) is 4. The second-order valence-corrected chi connectivity index (χ2v) is 7.11. The summed E-state index contributed by atoms with van der Waals surface area (Å²) in [5.74, 6) is -0.991. The van der Waals surface area contributed by atoms with E-state index in [9.17, 15) is 9.90 Å². The molecule has 5 N–H and O–H groups in total. The minimum absolute atomic E-state index is 0.0453. The molecule has 1 fully saturated rings. The van der Waals surface area contributed by atoms with Crippen molar-refractivity contribution in [2.75, 3.05) is 13.1 Å². The van der Waals surface area contributed by atoms with Crippen LogP contribution in [0.4, 0.5) is 0 Å². The lowest BCUT2D eigenvalue weighted by Crippen LogP contribution is -2.56. The molecule has 1 heterocycles. The predicted molar refractivity (Wildman–Crippen MR) is 97.8 cm³/mol. The Labute approximate surface area is 149 Å². The van der Waals surface area contributed by atoms with Gasteiger partial charge in [-0.15, -0.1) is 0 Å². The van der Waals surface area contributed by atoms with Crippen LogP contribution in [0, 0.1) is 5.92 Å². The van der Waals surface area contributed by atoms with E-state index in [0.717, 1.165) is 32.5 Å². The van der Waals surface area contributed by atoms with Gasteiger partial charge in [0.25, 0.3) is 0 Å². The van der Waals surface area contributed by atoms with Crippen molar-refractivity contribution in [1.29, 1.82) is 0 Å². The van der Waals surface area contributed by atoms with Crippen molar-refractivity contribution >= 4 is 13.1 Å². The van der Waals surface area contributed by atoms with E-state index in [4.69, 9.17) is 15.8 Å². The number of hydrogen-bond acceptors (Lipinski definition) is 5. The number of carbonyl (C=O) groups is 1. The Kier molecular flexibility index (Phi) is 7.44. The molecule has 0 spiro atoms. The Morgan fingerprint density at radius 3 is 2.40 bits per heavy atom. The number of carboxylic acid groups (broad SMARTS) is 1. The number of unbranched alkanes of at least 4 members (excludes halogenated alkanes) is 1. The largest absolute Gasteiger partial charge is 0.480 e. The van der Waals surface area contributed by atoms with Gasteiger partial charge < -0.3 is 20.9 Å².